The highest BCUT2D eigenvalue weighted by Gasteiger charge is 2.28. The number of aromatic carboxylic acids is 1. The Morgan fingerprint density at radius 3 is 2.33 bits per heavy atom. The Balaban J connectivity index is 3.04. The lowest BCUT2D eigenvalue weighted by molar-refractivity contribution is -0.125. The first-order valence-corrected chi connectivity index (χ1v) is 7.38. The second kappa shape index (κ2) is 5.70. The van der Waals surface area contributed by atoms with Gasteiger partial charge in [-0.1, -0.05) is 0 Å². The van der Waals surface area contributed by atoms with Gasteiger partial charge in [-0.3, -0.25) is 4.79 Å². The highest BCUT2D eigenvalue weighted by Crippen LogP contribution is 2.21. The topological polar surface area (TPSA) is 153 Å². The maximum Gasteiger partial charge on any atom is 0.335 e. The minimum absolute atomic E-state index is 0.121. The van der Waals surface area contributed by atoms with E-state index in [1.807, 2.05) is 0 Å². The molecule has 0 saturated heterocycles. The number of amides is 1. The molecule has 0 aliphatic heterocycles. The molecule has 0 bridgehead atoms. The van der Waals surface area contributed by atoms with Crippen LogP contribution in [-0.2, 0) is 14.8 Å². The molecule has 9 heteroatoms. The summed E-state index contributed by atoms with van der Waals surface area (Å²) in [5.74, 6) is -1.87. The fraction of sp³-hybridized carbons (Fsp3) is 0.333. The molecule has 0 heterocycles. The van der Waals surface area contributed by atoms with Gasteiger partial charge in [0.2, 0.25) is 15.9 Å². The van der Waals surface area contributed by atoms with Crippen molar-refractivity contribution in [2.75, 3.05) is 12.3 Å². The summed E-state index contributed by atoms with van der Waals surface area (Å²) in [5.41, 5.74) is 9.34. The van der Waals surface area contributed by atoms with Crippen molar-refractivity contribution in [2.45, 2.75) is 18.7 Å². The van der Waals surface area contributed by atoms with Crippen LogP contribution in [-0.4, -0.2) is 31.9 Å². The first-order chi connectivity index (χ1) is 9.47. The number of nitrogens with one attached hydrogen (secondary N) is 1. The molecule has 0 aliphatic rings. The fourth-order valence-corrected chi connectivity index (χ4v) is 2.69. The Labute approximate surface area is 122 Å². The number of rotatable bonds is 6. The quantitative estimate of drug-likeness (QED) is 0.531. The molecule has 0 saturated carbocycles. The van der Waals surface area contributed by atoms with Crippen LogP contribution in [0.25, 0.3) is 0 Å². The number of carboxylic acids is 1. The molecule has 21 heavy (non-hydrogen) atoms. The molecule has 0 aliphatic carbocycles. The maximum atomic E-state index is 12.1. The van der Waals surface area contributed by atoms with E-state index in [4.69, 9.17) is 16.6 Å². The molecule has 1 aromatic rings. The first kappa shape index (κ1) is 16.9. The summed E-state index contributed by atoms with van der Waals surface area (Å²) < 4.78 is 26.5. The largest absolute Gasteiger partial charge is 0.478 e. The van der Waals surface area contributed by atoms with E-state index in [9.17, 15) is 18.0 Å². The van der Waals surface area contributed by atoms with Gasteiger partial charge >= 0.3 is 5.97 Å². The van der Waals surface area contributed by atoms with Crippen molar-refractivity contribution >= 4 is 27.6 Å². The molecule has 1 amide bonds. The van der Waals surface area contributed by atoms with Crippen LogP contribution in [0.3, 0.4) is 0 Å². The highest BCUT2D eigenvalue weighted by atomic mass is 32.2. The van der Waals surface area contributed by atoms with E-state index >= 15 is 0 Å². The fourth-order valence-electron chi connectivity index (χ4n) is 1.37. The van der Waals surface area contributed by atoms with Crippen LogP contribution in [0.15, 0.2) is 23.1 Å². The molecule has 116 valence electrons. The second-order valence-corrected chi connectivity index (χ2v) is 6.87. The lowest BCUT2D eigenvalue weighted by Gasteiger charge is -2.21. The van der Waals surface area contributed by atoms with Gasteiger partial charge in [-0.25, -0.2) is 17.9 Å². The SMILES string of the molecule is CC(C)(CNS(=O)(=O)c1ccc(C(=O)O)cc1N)C(N)=O. The van der Waals surface area contributed by atoms with Gasteiger partial charge in [0.15, 0.2) is 0 Å². The third-order valence-electron chi connectivity index (χ3n) is 2.92. The van der Waals surface area contributed by atoms with Crippen LogP contribution in [0.1, 0.15) is 24.2 Å². The third kappa shape index (κ3) is 3.92. The normalized spacial score (nSPS) is 12.1. The van der Waals surface area contributed by atoms with Crippen molar-refractivity contribution in [3.63, 3.8) is 0 Å². The van der Waals surface area contributed by atoms with E-state index < -0.39 is 27.3 Å². The molecule has 8 nitrogen and oxygen atoms in total. The van der Waals surface area contributed by atoms with E-state index in [2.05, 4.69) is 4.72 Å². The average molecular weight is 315 g/mol. The van der Waals surface area contributed by atoms with Crippen molar-refractivity contribution in [3.05, 3.63) is 23.8 Å². The summed E-state index contributed by atoms with van der Waals surface area (Å²) in [6, 6.07) is 3.28. The average Bonchev–Trinajstić information content (AvgIpc) is 2.36. The van der Waals surface area contributed by atoms with Crippen molar-refractivity contribution in [2.24, 2.45) is 11.1 Å². The number of nitrogen functional groups attached to an aromatic ring is 1. The van der Waals surface area contributed by atoms with Crippen molar-refractivity contribution in [1.29, 1.82) is 0 Å². The van der Waals surface area contributed by atoms with Crippen LogP contribution >= 0.6 is 0 Å². The predicted octanol–water partition coefficient (Wildman–Crippen LogP) is -0.243. The number of nitrogens with two attached hydrogens (primary N) is 2. The summed E-state index contributed by atoms with van der Waals surface area (Å²) in [6.45, 7) is 2.79. The van der Waals surface area contributed by atoms with E-state index in [-0.39, 0.29) is 22.7 Å². The summed E-state index contributed by atoms with van der Waals surface area (Å²) in [6.07, 6.45) is 0. The smallest absolute Gasteiger partial charge is 0.335 e. The van der Waals surface area contributed by atoms with Gasteiger partial charge in [-0.05, 0) is 32.0 Å². The molecule has 0 spiro atoms. The molecular formula is C12H17N3O5S. The Kier molecular flexibility index (Phi) is 4.59. The minimum Gasteiger partial charge on any atom is -0.478 e. The number of hydrogen-bond acceptors (Lipinski definition) is 5. The number of carboxylic acid groups (broad SMARTS) is 1. The van der Waals surface area contributed by atoms with Crippen LogP contribution in [0, 0.1) is 5.41 Å². The number of benzene rings is 1. The van der Waals surface area contributed by atoms with E-state index in [0.29, 0.717) is 0 Å². The first-order valence-electron chi connectivity index (χ1n) is 5.90. The summed E-state index contributed by atoms with van der Waals surface area (Å²) in [4.78, 5) is 21.7. The number of hydrogen-bond donors (Lipinski definition) is 4. The van der Waals surface area contributed by atoms with E-state index in [1.54, 1.807) is 0 Å². The lowest BCUT2D eigenvalue weighted by atomic mass is 9.93. The van der Waals surface area contributed by atoms with E-state index in [0.717, 1.165) is 18.2 Å². The molecular weight excluding hydrogens is 298 g/mol. The number of sulfonamides is 1. The number of primary amides is 1. The molecule has 0 aromatic heterocycles. The number of carbonyl (C=O) groups is 2. The van der Waals surface area contributed by atoms with Gasteiger partial charge in [0.05, 0.1) is 16.7 Å². The van der Waals surface area contributed by atoms with Gasteiger partial charge < -0.3 is 16.6 Å². The van der Waals surface area contributed by atoms with Crippen LogP contribution in [0.2, 0.25) is 0 Å². The van der Waals surface area contributed by atoms with Crippen LogP contribution in [0.4, 0.5) is 5.69 Å². The third-order valence-corrected chi connectivity index (χ3v) is 4.39. The molecule has 0 atom stereocenters. The zero-order valence-corrected chi connectivity index (χ0v) is 12.4. The summed E-state index contributed by atoms with van der Waals surface area (Å²) in [5, 5.41) is 8.80. The second-order valence-electron chi connectivity index (χ2n) is 5.13. The Hall–Kier alpha value is -2.13. The highest BCUT2D eigenvalue weighted by molar-refractivity contribution is 7.89. The Morgan fingerprint density at radius 1 is 1.33 bits per heavy atom. The minimum atomic E-state index is -3.98. The molecule has 6 N–H and O–H groups in total. The predicted molar refractivity (Wildman–Crippen MR) is 76.0 cm³/mol. The van der Waals surface area contributed by atoms with Gasteiger partial charge in [0.25, 0.3) is 0 Å². The Bertz CT molecular complexity index is 682. The van der Waals surface area contributed by atoms with Gasteiger partial charge in [-0.15, -0.1) is 0 Å². The lowest BCUT2D eigenvalue weighted by Crippen LogP contribution is -2.42. The Morgan fingerprint density at radius 2 is 1.90 bits per heavy atom. The number of carbonyl (C=O) groups excluding carboxylic acids is 1. The standard InChI is InChI=1S/C12H17N3O5S/c1-12(2,11(14)18)6-15-21(19,20)9-4-3-7(10(16)17)5-8(9)13/h3-5,15H,6,13H2,1-2H3,(H2,14,18)(H,16,17). The summed E-state index contributed by atoms with van der Waals surface area (Å²) >= 11 is 0. The zero-order valence-electron chi connectivity index (χ0n) is 11.6. The van der Waals surface area contributed by atoms with Gasteiger partial charge in [-0.2, -0.15) is 0 Å². The monoisotopic (exact) mass is 315 g/mol. The molecule has 0 unspecified atom stereocenters. The van der Waals surface area contributed by atoms with Crippen molar-refractivity contribution in [3.8, 4) is 0 Å². The van der Waals surface area contributed by atoms with Crippen LogP contribution < -0.4 is 16.2 Å². The van der Waals surface area contributed by atoms with E-state index in [1.165, 1.54) is 13.8 Å². The molecule has 0 radical (unpaired) electrons. The maximum absolute atomic E-state index is 12.1. The zero-order chi connectivity index (χ0) is 16.4. The molecule has 0 fully saturated rings. The van der Waals surface area contributed by atoms with Gasteiger partial charge in [0.1, 0.15) is 4.90 Å². The van der Waals surface area contributed by atoms with Crippen molar-refractivity contribution < 1.29 is 23.1 Å². The summed E-state index contributed by atoms with van der Waals surface area (Å²) in [7, 11) is -3.98. The molecule has 1 rings (SSSR count). The van der Waals surface area contributed by atoms with Crippen LogP contribution in [0.5, 0.6) is 0 Å². The van der Waals surface area contributed by atoms with Gasteiger partial charge in [0, 0.05) is 6.54 Å². The van der Waals surface area contributed by atoms with Crippen molar-refractivity contribution in [1.82, 2.24) is 4.72 Å². The number of anilines is 1. The molecule has 1 aromatic carbocycles.